The van der Waals surface area contributed by atoms with Crippen molar-refractivity contribution in [1.29, 1.82) is 10.5 Å². The minimum atomic E-state index is -0.781. The molecule has 0 fully saturated rings. The third-order valence-corrected chi connectivity index (χ3v) is 2.86. The predicted octanol–water partition coefficient (Wildman–Crippen LogP) is 2.29. The number of ether oxygens (including phenoxy) is 1. The largest absolute Gasteiger partial charge is 0.481 e. The fourth-order valence-corrected chi connectivity index (χ4v) is 1.85. The number of aryl methyl sites for hydroxylation is 1. The van der Waals surface area contributed by atoms with Crippen LogP contribution in [0.15, 0.2) is 18.2 Å². The maximum Gasteiger partial charge on any atom is 0.265 e. The van der Waals surface area contributed by atoms with Crippen molar-refractivity contribution in [2.24, 2.45) is 0 Å². The first kappa shape index (κ1) is 15.8. The lowest BCUT2D eigenvalue weighted by atomic mass is 10.2. The molecule has 0 aliphatic heterocycles. The summed E-state index contributed by atoms with van der Waals surface area (Å²) in [6, 6.07) is 8.79. The molecule has 0 N–H and O–H groups in total. The van der Waals surface area contributed by atoms with Crippen molar-refractivity contribution >= 4 is 17.5 Å². The van der Waals surface area contributed by atoms with Crippen molar-refractivity contribution in [3.05, 3.63) is 28.8 Å². The number of carbonyl (C=O) groups is 1. The summed E-state index contributed by atoms with van der Waals surface area (Å²) in [4.78, 5) is 13.2. The van der Waals surface area contributed by atoms with E-state index in [0.29, 0.717) is 10.8 Å². The number of nitrogens with zero attached hydrogens (tertiary/aromatic N) is 3. The fraction of sp³-hybridized carbons (Fsp3) is 0.357. The van der Waals surface area contributed by atoms with Crippen LogP contribution < -0.4 is 4.74 Å². The van der Waals surface area contributed by atoms with E-state index in [4.69, 9.17) is 26.9 Å². The van der Waals surface area contributed by atoms with Gasteiger partial charge in [-0.2, -0.15) is 10.5 Å². The lowest BCUT2D eigenvalue weighted by Gasteiger charge is -2.22. The Morgan fingerprint density at radius 2 is 2.00 bits per heavy atom. The van der Waals surface area contributed by atoms with E-state index in [-0.39, 0.29) is 13.1 Å². The summed E-state index contributed by atoms with van der Waals surface area (Å²) >= 11 is 5.85. The molecule has 0 heterocycles. The normalized spacial score (nSPS) is 11.1. The van der Waals surface area contributed by atoms with Crippen molar-refractivity contribution in [2.45, 2.75) is 20.0 Å². The van der Waals surface area contributed by atoms with Gasteiger partial charge in [0.2, 0.25) is 0 Å². The quantitative estimate of drug-likeness (QED) is 0.780. The minimum Gasteiger partial charge on any atom is -0.481 e. The Hall–Kier alpha value is -2.24. The molecule has 1 aromatic carbocycles. The predicted molar refractivity (Wildman–Crippen MR) is 74.1 cm³/mol. The molecular formula is C14H14ClN3O2. The van der Waals surface area contributed by atoms with Gasteiger partial charge in [0.25, 0.3) is 5.91 Å². The first-order valence-corrected chi connectivity index (χ1v) is 6.33. The van der Waals surface area contributed by atoms with Crippen molar-refractivity contribution in [3.63, 3.8) is 0 Å². The van der Waals surface area contributed by atoms with E-state index in [2.05, 4.69) is 0 Å². The van der Waals surface area contributed by atoms with Gasteiger partial charge in [-0.15, -0.1) is 0 Å². The number of rotatable bonds is 5. The molecule has 1 atom stereocenters. The Morgan fingerprint density at radius 3 is 2.50 bits per heavy atom. The molecular weight excluding hydrogens is 278 g/mol. The zero-order valence-electron chi connectivity index (χ0n) is 11.3. The zero-order chi connectivity index (χ0) is 15.1. The van der Waals surface area contributed by atoms with Gasteiger partial charge in [0.15, 0.2) is 6.10 Å². The van der Waals surface area contributed by atoms with Crippen LogP contribution in [-0.4, -0.2) is 30.0 Å². The second kappa shape index (κ2) is 7.37. The molecule has 1 rings (SSSR count). The molecule has 0 aliphatic rings. The maximum absolute atomic E-state index is 12.1. The molecule has 6 heteroatoms. The van der Waals surface area contributed by atoms with Crippen LogP contribution >= 0.6 is 11.6 Å². The lowest BCUT2D eigenvalue weighted by molar-refractivity contribution is -0.136. The summed E-state index contributed by atoms with van der Waals surface area (Å²) in [6.07, 6.45) is -0.781. The molecule has 0 bridgehead atoms. The lowest BCUT2D eigenvalue weighted by Crippen LogP contribution is -2.41. The van der Waals surface area contributed by atoms with Gasteiger partial charge in [-0.3, -0.25) is 4.79 Å². The first-order valence-electron chi connectivity index (χ1n) is 5.95. The van der Waals surface area contributed by atoms with Gasteiger partial charge in [-0.25, -0.2) is 0 Å². The summed E-state index contributed by atoms with van der Waals surface area (Å²) in [7, 11) is 0. The van der Waals surface area contributed by atoms with Crippen LogP contribution in [0.4, 0.5) is 0 Å². The summed E-state index contributed by atoms with van der Waals surface area (Å²) in [6.45, 7) is 3.12. The monoisotopic (exact) mass is 291 g/mol. The second-order valence-electron chi connectivity index (χ2n) is 4.18. The van der Waals surface area contributed by atoms with Crippen LogP contribution in [0.5, 0.6) is 5.75 Å². The highest BCUT2D eigenvalue weighted by atomic mass is 35.5. The summed E-state index contributed by atoms with van der Waals surface area (Å²) < 4.78 is 5.57. The number of amides is 1. The number of hydrogen-bond donors (Lipinski definition) is 0. The average Bonchev–Trinajstić information content (AvgIpc) is 2.40. The molecule has 1 unspecified atom stereocenters. The highest BCUT2D eigenvalue weighted by molar-refractivity contribution is 6.30. The van der Waals surface area contributed by atoms with E-state index in [1.165, 1.54) is 0 Å². The summed E-state index contributed by atoms with van der Waals surface area (Å²) in [5, 5.41) is 17.9. The third-order valence-electron chi connectivity index (χ3n) is 2.62. The first-order chi connectivity index (χ1) is 9.49. The topological polar surface area (TPSA) is 77.1 Å². The van der Waals surface area contributed by atoms with Crippen molar-refractivity contribution < 1.29 is 9.53 Å². The molecule has 1 amide bonds. The van der Waals surface area contributed by atoms with Crippen LogP contribution in [0.25, 0.3) is 0 Å². The van der Waals surface area contributed by atoms with Crippen LogP contribution in [0, 0.1) is 29.6 Å². The molecule has 1 aromatic rings. The summed E-state index contributed by atoms with van der Waals surface area (Å²) in [5.41, 5.74) is 0.810. The Balaban J connectivity index is 2.79. The molecule has 5 nitrogen and oxygen atoms in total. The Bertz CT molecular complexity index is 559. The standard InChI is InChI=1S/C14H14ClN3O2/c1-10-9-12(15)3-4-13(10)20-11(2)14(19)18(7-5-16)8-6-17/h3-4,9,11H,7-8H2,1-2H3. The highest BCUT2D eigenvalue weighted by Gasteiger charge is 2.22. The molecule has 0 radical (unpaired) electrons. The van der Waals surface area contributed by atoms with E-state index in [1.807, 2.05) is 19.1 Å². The van der Waals surface area contributed by atoms with Gasteiger partial charge >= 0.3 is 0 Å². The van der Waals surface area contributed by atoms with E-state index in [1.54, 1.807) is 25.1 Å². The van der Waals surface area contributed by atoms with Gasteiger partial charge in [0.05, 0.1) is 12.1 Å². The summed E-state index contributed by atoms with van der Waals surface area (Å²) in [5.74, 6) is 0.145. The zero-order valence-corrected chi connectivity index (χ0v) is 12.0. The number of benzene rings is 1. The SMILES string of the molecule is Cc1cc(Cl)ccc1OC(C)C(=O)N(CC#N)CC#N. The molecule has 0 saturated heterocycles. The van der Waals surface area contributed by atoms with Crippen LogP contribution in [0.2, 0.25) is 5.02 Å². The minimum absolute atomic E-state index is 0.139. The Kier molecular flexibility index (Phi) is 5.83. The van der Waals surface area contributed by atoms with Gasteiger partial charge in [-0.05, 0) is 37.6 Å². The van der Waals surface area contributed by atoms with Gasteiger partial charge in [0, 0.05) is 5.02 Å². The number of nitriles is 2. The number of carbonyl (C=O) groups excluding carboxylic acids is 1. The number of hydrogen-bond acceptors (Lipinski definition) is 4. The van der Waals surface area contributed by atoms with Crippen LogP contribution in [0.1, 0.15) is 12.5 Å². The van der Waals surface area contributed by atoms with Gasteiger partial charge in [-0.1, -0.05) is 11.6 Å². The molecule has 0 saturated carbocycles. The average molecular weight is 292 g/mol. The van der Waals surface area contributed by atoms with Crippen molar-refractivity contribution in [2.75, 3.05) is 13.1 Å². The molecule has 0 spiro atoms. The van der Waals surface area contributed by atoms with Gasteiger partial charge < -0.3 is 9.64 Å². The van der Waals surface area contributed by atoms with Gasteiger partial charge in [0.1, 0.15) is 18.8 Å². The fourth-order valence-electron chi connectivity index (χ4n) is 1.63. The maximum atomic E-state index is 12.1. The van der Waals surface area contributed by atoms with E-state index in [9.17, 15) is 4.79 Å². The highest BCUT2D eigenvalue weighted by Crippen LogP contribution is 2.23. The number of halogens is 1. The smallest absolute Gasteiger partial charge is 0.265 e. The Labute approximate surface area is 122 Å². The molecule has 0 aliphatic carbocycles. The van der Waals surface area contributed by atoms with Crippen molar-refractivity contribution in [3.8, 4) is 17.9 Å². The van der Waals surface area contributed by atoms with Crippen LogP contribution in [0.3, 0.4) is 0 Å². The van der Waals surface area contributed by atoms with Crippen molar-refractivity contribution in [1.82, 2.24) is 4.90 Å². The van der Waals surface area contributed by atoms with Crippen LogP contribution in [-0.2, 0) is 4.79 Å². The van der Waals surface area contributed by atoms with E-state index in [0.717, 1.165) is 10.5 Å². The van der Waals surface area contributed by atoms with E-state index < -0.39 is 12.0 Å². The molecule has 20 heavy (non-hydrogen) atoms. The second-order valence-corrected chi connectivity index (χ2v) is 4.62. The molecule has 0 aromatic heterocycles. The third kappa shape index (κ3) is 4.15. The van der Waals surface area contributed by atoms with E-state index >= 15 is 0 Å². The Morgan fingerprint density at radius 1 is 1.40 bits per heavy atom. The molecule has 104 valence electrons.